The topological polar surface area (TPSA) is 12.5 Å². The molecule has 0 bridgehead atoms. The van der Waals surface area contributed by atoms with E-state index in [1.54, 1.807) is 0 Å². The summed E-state index contributed by atoms with van der Waals surface area (Å²) in [6.45, 7) is 0. The Morgan fingerprint density at radius 1 is 0.390 bits per heavy atom. The highest BCUT2D eigenvalue weighted by Crippen LogP contribution is 2.65. The maximum atomic E-state index is 6.76. The van der Waals surface area contributed by atoms with E-state index in [1.807, 2.05) is 22.7 Å². The lowest BCUT2D eigenvalue weighted by molar-refractivity contribution is 0.436. The summed E-state index contributed by atoms with van der Waals surface area (Å²) in [6.07, 6.45) is 0. The van der Waals surface area contributed by atoms with Crippen molar-refractivity contribution in [3.05, 3.63) is 222 Å². The van der Waals surface area contributed by atoms with Gasteiger partial charge in [0.05, 0.1) is 21.5 Å². The Hall–Kier alpha value is -6.98. The summed E-state index contributed by atoms with van der Waals surface area (Å²) in [7, 11) is 0. The molecule has 0 unspecified atom stereocenters. The zero-order valence-corrected chi connectivity index (χ0v) is 33.4. The molecule has 9 aromatic carbocycles. The summed E-state index contributed by atoms with van der Waals surface area (Å²) in [4.78, 5) is 2.57. The lowest BCUT2D eigenvalue weighted by atomic mass is 9.66. The molecular weight excluding hydrogens is 755 g/mol. The number of rotatable bonds is 4. The van der Waals surface area contributed by atoms with Crippen LogP contribution in [0.25, 0.3) is 62.6 Å². The van der Waals surface area contributed by atoms with Crippen LogP contribution in [0.1, 0.15) is 22.3 Å². The molecule has 0 atom stereocenters. The molecule has 0 N–H and O–H groups in total. The van der Waals surface area contributed by atoms with Gasteiger partial charge in [0, 0.05) is 58.0 Å². The molecule has 0 amide bonds. The van der Waals surface area contributed by atoms with E-state index in [4.69, 9.17) is 4.74 Å². The fraction of sp³-hybridized carbons (Fsp3) is 0.0182. The zero-order valence-electron chi connectivity index (χ0n) is 31.7. The van der Waals surface area contributed by atoms with Crippen LogP contribution in [0, 0.1) is 0 Å². The molecule has 0 radical (unpaired) electrons. The number of benzene rings is 9. The SMILES string of the molecule is c1ccc(-c2cc(N(c3ccc4c(c3)sc3ccccc34)c3cccc4c3sc3ccccc34)c3c(c2)C2(c4ccccc4Oc4ccccc42)c2ccccc2-3)cc1. The van der Waals surface area contributed by atoms with E-state index >= 15 is 0 Å². The number of fused-ring (bicyclic) bond motifs is 15. The zero-order chi connectivity index (χ0) is 38.7. The molecule has 59 heavy (non-hydrogen) atoms. The van der Waals surface area contributed by atoms with Crippen LogP contribution in [0.3, 0.4) is 0 Å². The van der Waals surface area contributed by atoms with Gasteiger partial charge in [-0.05, 0) is 82.4 Å². The van der Waals surface area contributed by atoms with Gasteiger partial charge in [0.15, 0.2) is 0 Å². The first kappa shape index (κ1) is 33.0. The van der Waals surface area contributed by atoms with Crippen molar-refractivity contribution in [1.82, 2.24) is 0 Å². The summed E-state index contributed by atoms with van der Waals surface area (Å²) in [5.74, 6) is 1.78. The predicted octanol–water partition coefficient (Wildman–Crippen LogP) is 16.0. The van der Waals surface area contributed by atoms with E-state index in [2.05, 4.69) is 205 Å². The van der Waals surface area contributed by atoms with Gasteiger partial charge in [0.1, 0.15) is 11.5 Å². The Kier molecular flexibility index (Phi) is 7.00. The Morgan fingerprint density at radius 3 is 1.78 bits per heavy atom. The highest BCUT2D eigenvalue weighted by molar-refractivity contribution is 7.26. The molecule has 1 spiro atoms. The molecule has 0 fully saturated rings. The second-order valence-corrected chi connectivity index (χ2v) is 17.7. The number of para-hydroxylation sites is 2. The minimum absolute atomic E-state index is 0.623. The second kappa shape index (κ2) is 12.5. The molecule has 1 aliphatic heterocycles. The Labute approximate surface area is 349 Å². The van der Waals surface area contributed by atoms with Gasteiger partial charge in [-0.1, -0.05) is 146 Å². The minimum Gasteiger partial charge on any atom is -0.457 e. The van der Waals surface area contributed by atoms with E-state index in [9.17, 15) is 0 Å². The van der Waals surface area contributed by atoms with Crippen molar-refractivity contribution in [3.63, 3.8) is 0 Å². The normalized spacial score (nSPS) is 13.4. The van der Waals surface area contributed by atoms with Gasteiger partial charge < -0.3 is 9.64 Å². The predicted molar refractivity (Wildman–Crippen MR) is 250 cm³/mol. The Balaban J connectivity index is 1.20. The van der Waals surface area contributed by atoms with Gasteiger partial charge in [-0.2, -0.15) is 0 Å². The van der Waals surface area contributed by atoms with Crippen molar-refractivity contribution in [2.24, 2.45) is 0 Å². The van der Waals surface area contributed by atoms with E-state index in [-0.39, 0.29) is 0 Å². The summed E-state index contributed by atoms with van der Waals surface area (Å²) < 4.78 is 11.9. The fourth-order valence-electron chi connectivity index (χ4n) is 10.1. The monoisotopic (exact) mass is 787 g/mol. The first-order valence-electron chi connectivity index (χ1n) is 20.1. The third-order valence-corrected chi connectivity index (χ3v) is 14.9. The summed E-state index contributed by atoms with van der Waals surface area (Å²) in [5, 5.41) is 5.16. The molecule has 0 saturated carbocycles. The summed E-state index contributed by atoms with van der Waals surface area (Å²) in [6, 6.07) is 73.8. The van der Waals surface area contributed by atoms with Crippen LogP contribution in [0.2, 0.25) is 0 Å². The van der Waals surface area contributed by atoms with Crippen LogP contribution in [0.5, 0.6) is 11.5 Å². The molecule has 13 rings (SSSR count). The molecule has 276 valence electrons. The molecule has 0 saturated heterocycles. The fourth-order valence-corrected chi connectivity index (χ4v) is 12.4. The maximum absolute atomic E-state index is 6.76. The molecule has 4 heteroatoms. The van der Waals surface area contributed by atoms with E-state index < -0.39 is 5.41 Å². The molecule has 2 aromatic heterocycles. The average Bonchev–Trinajstić information content (AvgIpc) is 3.96. The van der Waals surface area contributed by atoms with Crippen molar-refractivity contribution in [2.75, 3.05) is 4.90 Å². The van der Waals surface area contributed by atoms with Crippen LogP contribution in [0.4, 0.5) is 17.1 Å². The standard InChI is InChI=1S/C55H33NOS2/c1-2-15-34(16-3-1)35-31-45-53(41-19-4-7-21-42(41)55(45)43-22-8-10-25-48(43)57-49-26-11-9-23-44(49)55)47(32-35)56(36-29-30-39-37-17-5-12-27-50(37)58-52(39)33-36)46-24-14-20-40-38-18-6-13-28-51(38)59-54(40)46/h1-33H. The van der Waals surface area contributed by atoms with Crippen LogP contribution < -0.4 is 9.64 Å². The van der Waals surface area contributed by atoms with Gasteiger partial charge in [-0.15, -0.1) is 22.7 Å². The lowest BCUT2D eigenvalue weighted by Gasteiger charge is -2.39. The maximum Gasteiger partial charge on any atom is 0.132 e. The van der Waals surface area contributed by atoms with E-state index in [0.717, 1.165) is 34.0 Å². The largest absolute Gasteiger partial charge is 0.457 e. The van der Waals surface area contributed by atoms with Crippen LogP contribution in [-0.4, -0.2) is 0 Å². The third-order valence-electron chi connectivity index (χ3n) is 12.5. The van der Waals surface area contributed by atoms with Crippen molar-refractivity contribution in [2.45, 2.75) is 5.41 Å². The van der Waals surface area contributed by atoms with Gasteiger partial charge in [0.2, 0.25) is 0 Å². The number of hydrogen-bond donors (Lipinski definition) is 0. The molecule has 2 nitrogen and oxygen atoms in total. The second-order valence-electron chi connectivity index (χ2n) is 15.5. The van der Waals surface area contributed by atoms with Gasteiger partial charge in [-0.25, -0.2) is 0 Å². The molecular formula is C55H33NOS2. The van der Waals surface area contributed by atoms with Crippen LogP contribution in [0.15, 0.2) is 200 Å². The molecule has 3 heterocycles. The molecule has 1 aliphatic carbocycles. The van der Waals surface area contributed by atoms with Crippen molar-refractivity contribution < 1.29 is 4.74 Å². The Bertz CT molecular complexity index is 3460. The van der Waals surface area contributed by atoms with Crippen LogP contribution in [-0.2, 0) is 5.41 Å². The quantitative estimate of drug-likeness (QED) is 0.176. The molecule has 2 aliphatic rings. The smallest absolute Gasteiger partial charge is 0.132 e. The number of nitrogens with zero attached hydrogens (tertiary/aromatic N) is 1. The van der Waals surface area contributed by atoms with Crippen molar-refractivity contribution in [1.29, 1.82) is 0 Å². The first-order valence-corrected chi connectivity index (χ1v) is 21.7. The number of anilines is 3. The lowest BCUT2D eigenvalue weighted by Crippen LogP contribution is -2.32. The minimum atomic E-state index is -0.623. The van der Waals surface area contributed by atoms with Gasteiger partial charge in [0.25, 0.3) is 0 Å². The molecule has 11 aromatic rings. The highest BCUT2D eigenvalue weighted by Gasteiger charge is 2.52. The third kappa shape index (κ3) is 4.61. The van der Waals surface area contributed by atoms with E-state index in [1.165, 1.54) is 79.4 Å². The average molecular weight is 788 g/mol. The first-order chi connectivity index (χ1) is 29.3. The highest BCUT2D eigenvalue weighted by atomic mass is 32.1. The number of hydrogen-bond acceptors (Lipinski definition) is 4. The van der Waals surface area contributed by atoms with Crippen molar-refractivity contribution >= 4 is 80.1 Å². The number of thiophene rings is 2. The van der Waals surface area contributed by atoms with Gasteiger partial charge >= 0.3 is 0 Å². The number of ether oxygens (including phenoxy) is 1. The summed E-state index contributed by atoms with van der Waals surface area (Å²) in [5.41, 5.74) is 12.5. The van der Waals surface area contributed by atoms with Gasteiger partial charge in [-0.3, -0.25) is 0 Å². The van der Waals surface area contributed by atoms with Crippen LogP contribution >= 0.6 is 22.7 Å². The van der Waals surface area contributed by atoms with E-state index in [0.29, 0.717) is 0 Å². The summed E-state index contributed by atoms with van der Waals surface area (Å²) >= 11 is 3.75. The Morgan fingerprint density at radius 2 is 1.00 bits per heavy atom. The van der Waals surface area contributed by atoms with Crippen molar-refractivity contribution in [3.8, 4) is 33.8 Å².